The first-order valence-electron chi connectivity index (χ1n) is 10.9. The highest BCUT2D eigenvalue weighted by atomic mass is 79.9. The highest BCUT2D eigenvalue weighted by Crippen LogP contribution is 2.28. The average Bonchev–Trinajstić information content (AvgIpc) is 3.37. The summed E-state index contributed by atoms with van der Waals surface area (Å²) in [6.45, 7) is 4.35. The average molecular weight is 540 g/mol. The molecule has 9 heteroatoms. The lowest BCUT2D eigenvalue weighted by atomic mass is 10.2. The van der Waals surface area contributed by atoms with E-state index in [1.165, 1.54) is 11.9 Å². The van der Waals surface area contributed by atoms with Gasteiger partial charge in [-0.2, -0.15) is 4.83 Å². The van der Waals surface area contributed by atoms with Crippen LogP contribution in [0, 0.1) is 0 Å². The maximum Gasteiger partial charge on any atom is 0.260 e. The number of nitrogens with zero attached hydrogens (tertiary/aromatic N) is 3. The van der Waals surface area contributed by atoms with Crippen LogP contribution in [0.1, 0.15) is 23.6 Å². The SMILES string of the molecule is CCN(Cc1cc(Br)ccc1OCc1ccccc1)N1C=C(C(=O)NCc2cccnc2)SN1. The molecule has 0 aliphatic carbocycles. The number of rotatable bonds is 10. The van der Waals surface area contributed by atoms with Crippen LogP contribution in [0.2, 0.25) is 0 Å². The Balaban J connectivity index is 1.40. The molecule has 1 aliphatic heterocycles. The van der Waals surface area contributed by atoms with Crippen LogP contribution in [0.3, 0.4) is 0 Å². The number of hydrazine groups is 2. The normalized spacial score (nSPS) is 13.1. The molecule has 7 nitrogen and oxygen atoms in total. The molecule has 0 spiro atoms. The second-order valence-electron chi connectivity index (χ2n) is 7.58. The molecule has 2 N–H and O–H groups in total. The van der Waals surface area contributed by atoms with E-state index < -0.39 is 0 Å². The molecule has 1 aromatic heterocycles. The van der Waals surface area contributed by atoms with E-state index in [9.17, 15) is 4.79 Å². The maximum absolute atomic E-state index is 12.6. The molecule has 4 rings (SSSR count). The molecule has 1 amide bonds. The van der Waals surface area contributed by atoms with Gasteiger partial charge in [0.25, 0.3) is 5.91 Å². The summed E-state index contributed by atoms with van der Waals surface area (Å²) in [5.41, 5.74) is 3.12. The fourth-order valence-electron chi connectivity index (χ4n) is 3.36. The van der Waals surface area contributed by atoms with E-state index in [-0.39, 0.29) is 5.91 Å². The van der Waals surface area contributed by atoms with Crippen molar-refractivity contribution in [3.05, 3.63) is 105 Å². The molecule has 3 aromatic rings. The summed E-state index contributed by atoms with van der Waals surface area (Å²) >= 11 is 4.87. The number of ether oxygens (including phenoxy) is 1. The Morgan fingerprint density at radius 2 is 2.00 bits per heavy atom. The Labute approximate surface area is 212 Å². The quantitative estimate of drug-likeness (QED) is 0.359. The summed E-state index contributed by atoms with van der Waals surface area (Å²) in [6, 6.07) is 19.9. The fourth-order valence-corrected chi connectivity index (χ4v) is 4.45. The number of hydrogen-bond acceptors (Lipinski definition) is 7. The standard InChI is InChI=1S/C25H26BrN5O2S/c1-2-30(31-17-24(34-29-31)25(32)28-15-20-9-6-12-27-14-20)16-21-13-22(26)10-11-23(21)33-18-19-7-4-3-5-8-19/h3-14,17,29H,2,15-16,18H2,1H3,(H,28,32). The fraction of sp³-hybridized carbons (Fsp3) is 0.200. The van der Waals surface area contributed by atoms with Crippen LogP contribution in [0.5, 0.6) is 5.75 Å². The second-order valence-corrected chi connectivity index (χ2v) is 9.32. The molecule has 0 bridgehead atoms. The first-order chi connectivity index (χ1) is 16.6. The Bertz CT molecular complexity index is 1130. The molecule has 2 aromatic carbocycles. The van der Waals surface area contributed by atoms with Crippen LogP contribution in [0.25, 0.3) is 0 Å². The largest absolute Gasteiger partial charge is 0.489 e. The maximum atomic E-state index is 12.6. The topological polar surface area (TPSA) is 69.7 Å². The van der Waals surface area contributed by atoms with Crippen molar-refractivity contribution in [2.75, 3.05) is 6.54 Å². The number of aromatic nitrogens is 1. The van der Waals surface area contributed by atoms with Crippen LogP contribution in [-0.2, 0) is 24.5 Å². The van der Waals surface area contributed by atoms with Crippen molar-refractivity contribution in [1.82, 2.24) is 25.3 Å². The minimum atomic E-state index is -0.130. The molecule has 2 heterocycles. The third-order valence-corrected chi connectivity index (χ3v) is 6.45. The molecule has 0 unspecified atom stereocenters. The summed E-state index contributed by atoms with van der Waals surface area (Å²) in [4.78, 5) is 20.5. The van der Waals surface area contributed by atoms with Crippen molar-refractivity contribution in [2.24, 2.45) is 0 Å². The van der Waals surface area contributed by atoms with Gasteiger partial charge in [-0.25, -0.2) is 10.1 Å². The zero-order chi connectivity index (χ0) is 23.8. The van der Waals surface area contributed by atoms with Crippen molar-refractivity contribution in [2.45, 2.75) is 26.6 Å². The van der Waals surface area contributed by atoms with Crippen LogP contribution in [0.15, 0.2) is 88.6 Å². The molecule has 1 aliphatic rings. The van der Waals surface area contributed by atoms with Crippen molar-refractivity contribution < 1.29 is 9.53 Å². The Kier molecular flexibility index (Phi) is 8.59. The van der Waals surface area contributed by atoms with Crippen LogP contribution >= 0.6 is 27.9 Å². The predicted molar refractivity (Wildman–Crippen MR) is 138 cm³/mol. The van der Waals surface area contributed by atoms with Gasteiger partial charge in [-0.15, -0.1) is 0 Å². The number of halogens is 1. The summed E-state index contributed by atoms with van der Waals surface area (Å²) in [5, 5.41) is 6.89. The third kappa shape index (κ3) is 6.60. The first-order valence-corrected chi connectivity index (χ1v) is 12.5. The lowest BCUT2D eigenvalue weighted by Gasteiger charge is -2.30. The van der Waals surface area contributed by atoms with Gasteiger partial charge >= 0.3 is 0 Å². The van der Waals surface area contributed by atoms with Crippen LogP contribution < -0.4 is 14.9 Å². The molecular formula is C25H26BrN5O2S. The summed E-state index contributed by atoms with van der Waals surface area (Å²) in [5.74, 6) is 0.699. The van der Waals surface area contributed by atoms with Crippen molar-refractivity contribution in [1.29, 1.82) is 0 Å². The number of benzene rings is 2. The molecule has 34 heavy (non-hydrogen) atoms. The summed E-state index contributed by atoms with van der Waals surface area (Å²) < 4.78 is 7.13. The van der Waals surface area contributed by atoms with Crippen LogP contribution in [0.4, 0.5) is 0 Å². The van der Waals surface area contributed by atoms with Gasteiger partial charge in [-0.3, -0.25) is 9.78 Å². The van der Waals surface area contributed by atoms with Gasteiger partial charge in [0, 0.05) is 42.1 Å². The third-order valence-electron chi connectivity index (χ3n) is 5.17. The lowest BCUT2D eigenvalue weighted by Crippen LogP contribution is -2.42. The first kappa shape index (κ1) is 24.3. The van der Waals surface area contributed by atoms with E-state index in [2.05, 4.69) is 49.1 Å². The molecule has 0 saturated carbocycles. The van der Waals surface area contributed by atoms with E-state index in [1.807, 2.05) is 65.9 Å². The number of amides is 1. The number of carbonyl (C=O) groups is 1. The minimum Gasteiger partial charge on any atom is -0.489 e. The minimum absolute atomic E-state index is 0.130. The van der Waals surface area contributed by atoms with Crippen molar-refractivity contribution >= 4 is 33.8 Å². The number of hydrogen-bond donors (Lipinski definition) is 2. The predicted octanol–water partition coefficient (Wildman–Crippen LogP) is 4.79. The van der Waals surface area contributed by atoms with Crippen LogP contribution in [-0.4, -0.2) is 27.6 Å². The second kappa shape index (κ2) is 12.0. The van der Waals surface area contributed by atoms with Gasteiger partial charge in [0.05, 0.1) is 6.20 Å². The Morgan fingerprint density at radius 1 is 1.18 bits per heavy atom. The number of pyridine rings is 1. The van der Waals surface area contributed by atoms with Gasteiger partial charge in [-0.05, 0) is 47.3 Å². The van der Waals surface area contributed by atoms with E-state index in [0.29, 0.717) is 24.6 Å². The van der Waals surface area contributed by atoms with Crippen molar-refractivity contribution in [3.63, 3.8) is 0 Å². The Morgan fingerprint density at radius 3 is 2.76 bits per heavy atom. The smallest absolute Gasteiger partial charge is 0.260 e. The highest BCUT2D eigenvalue weighted by molar-refractivity contribution is 9.10. The van der Waals surface area contributed by atoms with Crippen molar-refractivity contribution in [3.8, 4) is 5.75 Å². The lowest BCUT2D eigenvalue weighted by molar-refractivity contribution is -0.117. The molecule has 0 radical (unpaired) electrons. The number of carbonyl (C=O) groups excluding carboxylic acids is 1. The monoisotopic (exact) mass is 539 g/mol. The molecule has 0 saturated heterocycles. The zero-order valence-electron chi connectivity index (χ0n) is 18.8. The van der Waals surface area contributed by atoms with Gasteiger partial charge in [0.1, 0.15) is 17.3 Å². The van der Waals surface area contributed by atoms with E-state index in [0.717, 1.165) is 33.5 Å². The van der Waals surface area contributed by atoms with E-state index in [1.54, 1.807) is 12.4 Å². The molecule has 0 fully saturated rings. The summed E-state index contributed by atoms with van der Waals surface area (Å²) in [7, 11) is 0. The molecule has 176 valence electrons. The van der Waals surface area contributed by atoms with Gasteiger partial charge in [0.2, 0.25) is 0 Å². The number of nitrogens with one attached hydrogen (secondary N) is 2. The van der Waals surface area contributed by atoms with E-state index in [4.69, 9.17) is 4.74 Å². The zero-order valence-corrected chi connectivity index (χ0v) is 21.2. The van der Waals surface area contributed by atoms with Gasteiger partial charge in [0.15, 0.2) is 0 Å². The van der Waals surface area contributed by atoms with Gasteiger partial charge < -0.3 is 10.1 Å². The van der Waals surface area contributed by atoms with Gasteiger partial charge in [-0.1, -0.05) is 59.3 Å². The Hall–Kier alpha value is -2.85. The summed E-state index contributed by atoms with van der Waals surface area (Å²) in [6.07, 6.45) is 5.27. The molecular weight excluding hydrogens is 514 g/mol. The molecule has 0 atom stereocenters. The van der Waals surface area contributed by atoms with E-state index >= 15 is 0 Å². The highest BCUT2D eigenvalue weighted by Gasteiger charge is 2.24.